The number of ether oxygens (including phenoxy) is 1. The molecule has 146 valence electrons. The molecule has 0 aliphatic rings. The van der Waals surface area contributed by atoms with E-state index in [4.69, 9.17) is 4.74 Å². The number of hydrogen-bond donors (Lipinski definition) is 2. The summed E-state index contributed by atoms with van der Waals surface area (Å²) in [6.07, 6.45) is 0. The molecule has 0 saturated carbocycles. The van der Waals surface area contributed by atoms with Crippen LogP contribution in [-0.2, 0) is 10.0 Å². The van der Waals surface area contributed by atoms with E-state index in [2.05, 4.69) is 4.72 Å². The summed E-state index contributed by atoms with van der Waals surface area (Å²) < 4.78 is 32.9. The predicted octanol–water partition coefficient (Wildman–Crippen LogP) is 3.43. The zero-order valence-electron chi connectivity index (χ0n) is 15.6. The fourth-order valence-electron chi connectivity index (χ4n) is 2.71. The summed E-state index contributed by atoms with van der Waals surface area (Å²) >= 11 is 0. The smallest absolute Gasteiger partial charge is 0.337 e. The zero-order valence-corrected chi connectivity index (χ0v) is 16.4. The number of aromatic carboxylic acids is 1. The highest BCUT2D eigenvalue weighted by molar-refractivity contribution is 7.92. The van der Waals surface area contributed by atoms with Crippen LogP contribution in [0.3, 0.4) is 0 Å². The molecular weight excluding hydrogens is 368 g/mol. The molecule has 0 radical (unpaired) electrons. The molecule has 0 spiro atoms. The van der Waals surface area contributed by atoms with E-state index < -0.39 is 16.0 Å². The highest BCUT2D eigenvalue weighted by Crippen LogP contribution is 2.26. The molecule has 2 N–H and O–H groups in total. The van der Waals surface area contributed by atoms with Gasteiger partial charge in [0.05, 0.1) is 22.8 Å². The summed E-state index contributed by atoms with van der Waals surface area (Å²) in [5.74, 6) is -0.535. The Morgan fingerprint density at radius 1 is 1.07 bits per heavy atom. The highest BCUT2D eigenvalue weighted by Gasteiger charge is 2.18. The Kier molecular flexibility index (Phi) is 6.68. The van der Waals surface area contributed by atoms with E-state index in [1.807, 2.05) is 25.7 Å². The van der Waals surface area contributed by atoms with E-state index in [9.17, 15) is 18.3 Å². The maximum atomic E-state index is 12.6. The molecule has 0 heterocycles. The Hall–Kier alpha value is -2.74. The van der Waals surface area contributed by atoms with Gasteiger partial charge in [0.25, 0.3) is 10.0 Å². The van der Waals surface area contributed by atoms with Crippen molar-refractivity contribution in [3.8, 4) is 5.75 Å². The van der Waals surface area contributed by atoms with Crippen LogP contribution < -0.4 is 14.4 Å². The molecule has 0 bridgehead atoms. The van der Waals surface area contributed by atoms with Crippen molar-refractivity contribution in [3.05, 3.63) is 48.0 Å². The van der Waals surface area contributed by atoms with E-state index in [-0.39, 0.29) is 16.1 Å². The van der Waals surface area contributed by atoms with E-state index in [0.717, 1.165) is 0 Å². The maximum absolute atomic E-state index is 12.6. The molecule has 2 rings (SSSR count). The van der Waals surface area contributed by atoms with Crippen LogP contribution in [0.15, 0.2) is 47.4 Å². The van der Waals surface area contributed by atoms with Gasteiger partial charge in [0.15, 0.2) is 0 Å². The Morgan fingerprint density at radius 2 is 1.70 bits per heavy atom. The van der Waals surface area contributed by atoms with Crippen LogP contribution in [0.1, 0.15) is 31.1 Å². The average molecular weight is 392 g/mol. The fraction of sp³-hybridized carbons (Fsp3) is 0.316. The lowest BCUT2D eigenvalue weighted by molar-refractivity contribution is 0.0697. The van der Waals surface area contributed by atoms with Crippen molar-refractivity contribution < 1.29 is 23.1 Å². The van der Waals surface area contributed by atoms with E-state index >= 15 is 0 Å². The first-order chi connectivity index (χ1) is 12.8. The molecule has 8 heteroatoms. The fourth-order valence-corrected chi connectivity index (χ4v) is 3.76. The minimum atomic E-state index is -3.84. The Morgan fingerprint density at radius 3 is 2.22 bits per heavy atom. The molecule has 0 aliphatic heterocycles. The Bertz CT molecular complexity index is 891. The average Bonchev–Trinajstić information content (AvgIpc) is 2.64. The third-order valence-electron chi connectivity index (χ3n) is 4.03. The number of carbonyl (C=O) groups is 1. The van der Waals surface area contributed by atoms with Crippen LogP contribution in [0, 0.1) is 0 Å². The van der Waals surface area contributed by atoms with Gasteiger partial charge in [-0.15, -0.1) is 0 Å². The largest absolute Gasteiger partial charge is 0.494 e. The summed E-state index contributed by atoms with van der Waals surface area (Å²) in [7, 11) is -3.84. The molecule has 2 aromatic rings. The monoisotopic (exact) mass is 392 g/mol. The number of carboxylic acids is 1. The van der Waals surface area contributed by atoms with E-state index in [1.54, 1.807) is 24.3 Å². The molecule has 0 saturated heterocycles. The second-order valence-corrected chi connectivity index (χ2v) is 7.40. The zero-order chi connectivity index (χ0) is 20.0. The Balaban J connectivity index is 2.32. The normalized spacial score (nSPS) is 11.1. The van der Waals surface area contributed by atoms with Gasteiger partial charge >= 0.3 is 5.97 Å². The SMILES string of the molecule is CCOc1ccc(S(=O)(=O)Nc2ccc(N(CC)CC)c(C(=O)O)c2)cc1. The van der Waals surface area contributed by atoms with Gasteiger partial charge in [0.1, 0.15) is 5.75 Å². The third kappa shape index (κ3) is 4.91. The van der Waals surface area contributed by atoms with Crippen LogP contribution >= 0.6 is 0 Å². The lowest BCUT2D eigenvalue weighted by Gasteiger charge is -2.23. The molecule has 7 nitrogen and oxygen atoms in total. The van der Waals surface area contributed by atoms with Crippen molar-refractivity contribution in [2.75, 3.05) is 29.3 Å². The van der Waals surface area contributed by atoms with Gasteiger partial charge in [0, 0.05) is 18.8 Å². The van der Waals surface area contributed by atoms with Crippen molar-refractivity contribution in [1.82, 2.24) is 0 Å². The van der Waals surface area contributed by atoms with Gasteiger partial charge in [0.2, 0.25) is 0 Å². The molecular formula is C19H24N2O5S. The van der Waals surface area contributed by atoms with Crippen molar-refractivity contribution >= 4 is 27.4 Å². The van der Waals surface area contributed by atoms with Gasteiger partial charge in [-0.1, -0.05) is 0 Å². The summed E-state index contributed by atoms with van der Waals surface area (Å²) in [6, 6.07) is 10.5. The first kappa shape index (κ1) is 20.6. The predicted molar refractivity (Wildman–Crippen MR) is 105 cm³/mol. The van der Waals surface area contributed by atoms with Gasteiger partial charge in [-0.2, -0.15) is 0 Å². The molecule has 0 fully saturated rings. The van der Waals surface area contributed by atoms with E-state index in [1.165, 1.54) is 18.2 Å². The second kappa shape index (κ2) is 8.77. The maximum Gasteiger partial charge on any atom is 0.337 e. The van der Waals surface area contributed by atoms with Crippen molar-refractivity contribution in [3.63, 3.8) is 0 Å². The standard InChI is InChI=1S/C19H24N2O5S/c1-4-21(5-2)18-12-7-14(13-17(18)19(22)23)20-27(24,25)16-10-8-15(9-11-16)26-6-3/h7-13,20H,4-6H2,1-3H3,(H,22,23). The highest BCUT2D eigenvalue weighted by atomic mass is 32.2. The molecule has 0 atom stereocenters. The molecule has 27 heavy (non-hydrogen) atoms. The molecule has 0 aromatic heterocycles. The van der Waals surface area contributed by atoms with Crippen LogP contribution in [-0.4, -0.2) is 39.2 Å². The van der Waals surface area contributed by atoms with E-state index in [0.29, 0.717) is 31.1 Å². The topological polar surface area (TPSA) is 95.9 Å². The number of benzene rings is 2. The minimum absolute atomic E-state index is 0.0468. The number of nitrogens with one attached hydrogen (secondary N) is 1. The first-order valence-electron chi connectivity index (χ1n) is 8.70. The lowest BCUT2D eigenvalue weighted by Crippen LogP contribution is -2.24. The van der Waals surface area contributed by atoms with Gasteiger partial charge < -0.3 is 14.7 Å². The number of rotatable bonds is 9. The van der Waals surface area contributed by atoms with Crippen LogP contribution in [0.5, 0.6) is 5.75 Å². The molecule has 0 unspecified atom stereocenters. The summed E-state index contributed by atoms with van der Waals surface area (Å²) in [5.41, 5.74) is 0.791. The van der Waals surface area contributed by atoms with Crippen molar-refractivity contribution in [2.24, 2.45) is 0 Å². The van der Waals surface area contributed by atoms with Crippen molar-refractivity contribution in [1.29, 1.82) is 0 Å². The quantitative estimate of drug-likeness (QED) is 0.679. The van der Waals surface area contributed by atoms with Crippen LogP contribution in [0.4, 0.5) is 11.4 Å². The summed E-state index contributed by atoms with van der Waals surface area (Å²) in [6.45, 7) is 7.48. The number of anilines is 2. The first-order valence-corrected chi connectivity index (χ1v) is 10.2. The van der Waals surface area contributed by atoms with Crippen LogP contribution in [0.2, 0.25) is 0 Å². The molecule has 2 aromatic carbocycles. The number of carboxylic acid groups (broad SMARTS) is 1. The van der Waals surface area contributed by atoms with Crippen LogP contribution in [0.25, 0.3) is 0 Å². The third-order valence-corrected chi connectivity index (χ3v) is 5.43. The van der Waals surface area contributed by atoms with Gasteiger partial charge in [-0.25, -0.2) is 13.2 Å². The summed E-state index contributed by atoms with van der Waals surface area (Å²) in [4.78, 5) is 13.6. The summed E-state index contributed by atoms with van der Waals surface area (Å²) in [5, 5.41) is 9.51. The lowest BCUT2D eigenvalue weighted by atomic mass is 10.1. The minimum Gasteiger partial charge on any atom is -0.494 e. The number of sulfonamides is 1. The van der Waals surface area contributed by atoms with Gasteiger partial charge in [-0.05, 0) is 63.2 Å². The Labute approximate surface area is 159 Å². The second-order valence-electron chi connectivity index (χ2n) is 5.72. The molecule has 0 aliphatic carbocycles. The van der Waals surface area contributed by atoms with Crippen molar-refractivity contribution in [2.45, 2.75) is 25.7 Å². The van der Waals surface area contributed by atoms with Gasteiger partial charge in [-0.3, -0.25) is 4.72 Å². The number of nitrogens with zero attached hydrogens (tertiary/aromatic N) is 1. The number of hydrogen-bond acceptors (Lipinski definition) is 5. The molecule has 0 amide bonds.